The molecule has 0 aromatic carbocycles. The summed E-state index contributed by atoms with van der Waals surface area (Å²) in [5, 5.41) is -0.928. The molecule has 1 aromatic rings. The third kappa shape index (κ3) is 3.48. The van der Waals surface area contributed by atoms with E-state index in [9.17, 15) is 18.0 Å². The Balaban J connectivity index is 3.19. The van der Waals surface area contributed by atoms with Gasteiger partial charge in [0.15, 0.2) is 0 Å². The lowest BCUT2D eigenvalue weighted by molar-refractivity contribution is -0.276. The highest BCUT2D eigenvalue weighted by Gasteiger charge is 2.32. The highest BCUT2D eigenvalue weighted by atomic mass is 127. The van der Waals surface area contributed by atoms with E-state index in [0.717, 1.165) is 6.07 Å². The smallest absolute Gasteiger partial charge is 0.388 e. The van der Waals surface area contributed by atoms with E-state index < -0.39 is 17.5 Å². The van der Waals surface area contributed by atoms with Crippen molar-refractivity contribution in [2.24, 2.45) is 0 Å². The van der Waals surface area contributed by atoms with Crippen LogP contribution in [-0.2, 0) is 0 Å². The molecule has 0 saturated carbocycles. The van der Waals surface area contributed by atoms with Crippen LogP contribution < -0.4 is 4.74 Å². The van der Waals surface area contributed by atoms with Gasteiger partial charge in [-0.25, -0.2) is 4.98 Å². The van der Waals surface area contributed by atoms with E-state index >= 15 is 0 Å². The van der Waals surface area contributed by atoms with Gasteiger partial charge in [-0.3, -0.25) is 4.79 Å². The van der Waals surface area contributed by atoms with E-state index in [1.165, 1.54) is 6.92 Å². The van der Waals surface area contributed by atoms with Crippen molar-refractivity contribution in [3.05, 3.63) is 20.9 Å². The predicted molar refractivity (Wildman–Crippen MR) is 58.6 cm³/mol. The van der Waals surface area contributed by atoms with Crippen LogP contribution in [0, 0.1) is 10.5 Å². The number of hydrogen-bond donors (Lipinski definition) is 0. The van der Waals surface area contributed by atoms with Crippen molar-refractivity contribution in [2.45, 2.75) is 13.3 Å². The van der Waals surface area contributed by atoms with E-state index in [2.05, 4.69) is 9.72 Å². The fraction of sp³-hybridized carbons (Fsp3) is 0.250. The molecule has 0 unspecified atom stereocenters. The monoisotopic (exact) mass is 365 g/mol. The summed E-state index contributed by atoms with van der Waals surface area (Å²) in [6.45, 7) is 1.53. The molecule has 0 radical (unpaired) electrons. The summed E-state index contributed by atoms with van der Waals surface area (Å²) in [4.78, 5) is 14.3. The van der Waals surface area contributed by atoms with Crippen LogP contribution in [0.1, 0.15) is 16.1 Å². The van der Waals surface area contributed by atoms with Gasteiger partial charge in [-0.1, -0.05) is 0 Å². The summed E-state index contributed by atoms with van der Waals surface area (Å²) in [5.41, 5.74) is 0.169. The molecule has 1 rings (SSSR count). The predicted octanol–water partition coefficient (Wildman–Crippen LogP) is 3.27. The minimum absolute atomic E-state index is 0.243. The number of carbonyl (C=O) groups excluding carboxylic acids is 1. The molecule has 0 aliphatic heterocycles. The van der Waals surface area contributed by atoms with Crippen molar-refractivity contribution < 1.29 is 22.7 Å². The molecule has 0 fully saturated rings. The molecular formula is C8H4ClF3INO2. The molecule has 88 valence electrons. The summed E-state index contributed by atoms with van der Waals surface area (Å²) in [7, 11) is 0. The first-order chi connectivity index (χ1) is 7.20. The number of hydrogen-bond acceptors (Lipinski definition) is 3. The molecule has 16 heavy (non-hydrogen) atoms. The van der Waals surface area contributed by atoms with Crippen LogP contribution in [0.15, 0.2) is 6.07 Å². The Kier molecular flexibility index (Phi) is 4.00. The Morgan fingerprint density at radius 2 is 2.12 bits per heavy atom. The van der Waals surface area contributed by atoms with Gasteiger partial charge in [0.2, 0.25) is 5.88 Å². The van der Waals surface area contributed by atoms with E-state index in [0.29, 0.717) is 9.13 Å². The van der Waals surface area contributed by atoms with Crippen molar-refractivity contribution in [3.63, 3.8) is 0 Å². The topological polar surface area (TPSA) is 39.2 Å². The van der Waals surface area contributed by atoms with Crippen molar-refractivity contribution in [1.29, 1.82) is 0 Å². The molecule has 1 aromatic heterocycles. The lowest BCUT2D eigenvalue weighted by Crippen LogP contribution is -2.19. The normalized spacial score (nSPS) is 11.4. The zero-order valence-electron chi connectivity index (χ0n) is 7.73. The summed E-state index contributed by atoms with van der Waals surface area (Å²) in [5.74, 6) is -0.702. The number of halogens is 5. The average molecular weight is 365 g/mol. The van der Waals surface area contributed by atoms with Gasteiger partial charge in [0.1, 0.15) is 5.69 Å². The van der Waals surface area contributed by atoms with Crippen molar-refractivity contribution in [1.82, 2.24) is 4.98 Å². The lowest BCUT2D eigenvalue weighted by atomic mass is 10.2. The summed E-state index contributed by atoms with van der Waals surface area (Å²) in [6, 6.07) is 1.08. The number of rotatable bonds is 2. The largest absolute Gasteiger partial charge is 0.574 e. The maximum Gasteiger partial charge on any atom is 0.574 e. The molecular weight excluding hydrogens is 361 g/mol. The molecule has 0 spiro atoms. The minimum Gasteiger partial charge on any atom is -0.388 e. The minimum atomic E-state index is -4.85. The highest BCUT2D eigenvalue weighted by Crippen LogP contribution is 2.26. The van der Waals surface area contributed by atoms with Crippen LogP contribution in [0.3, 0.4) is 0 Å². The Hall–Kier alpha value is -0.570. The van der Waals surface area contributed by atoms with Crippen molar-refractivity contribution in [3.8, 4) is 5.88 Å². The number of carbonyl (C=O) groups is 1. The van der Waals surface area contributed by atoms with E-state index in [-0.39, 0.29) is 5.69 Å². The van der Waals surface area contributed by atoms with Gasteiger partial charge < -0.3 is 4.74 Å². The molecule has 3 nitrogen and oxygen atoms in total. The fourth-order valence-corrected chi connectivity index (χ4v) is 1.62. The maximum absolute atomic E-state index is 11.9. The van der Waals surface area contributed by atoms with Gasteiger partial charge in [0.05, 0.1) is 0 Å². The highest BCUT2D eigenvalue weighted by molar-refractivity contribution is 14.1. The second-order valence-corrected chi connectivity index (χ2v) is 4.24. The van der Waals surface area contributed by atoms with Gasteiger partial charge in [-0.05, 0) is 46.7 Å². The van der Waals surface area contributed by atoms with Gasteiger partial charge >= 0.3 is 6.36 Å². The summed E-state index contributed by atoms with van der Waals surface area (Å²) in [6.07, 6.45) is -4.85. The zero-order valence-corrected chi connectivity index (χ0v) is 10.6. The number of aromatic nitrogens is 1. The van der Waals surface area contributed by atoms with Crippen LogP contribution >= 0.6 is 34.2 Å². The van der Waals surface area contributed by atoms with Crippen LogP contribution in [0.4, 0.5) is 13.2 Å². The molecule has 1 heterocycles. The Morgan fingerprint density at radius 3 is 2.56 bits per heavy atom. The Morgan fingerprint density at radius 1 is 1.56 bits per heavy atom. The molecule has 0 saturated heterocycles. The van der Waals surface area contributed by atoms with Crippen molar-refractivity contribution >= 4 is 39.4 Å². The quantitative estimate of drug-likeness (QED) is 0.596. The number of pyridine rings is 1. The fourth-order valence-electron chi connectivity index (χ4n) is 0.918. The SMILES string of the molecule is Cc1c(I)cc(OC(F)(F)F)nc1C(=O)Cl. The Labute approximate surface area is 107 Å². The van der Waals surface area contributed by atoms with Gasteiger partial charge in [-0.15, -0.1) is 13.2 Å². The first-order valence-electron chi connectivity index (χ1n) is 3.83. The van der Waals surface area contributed by atoms with E-state index in [4.69, 9.17) is 11.6 Å². The molecule has 0 amide bonds. The zero-order chi connectivity index (χ0) is 12.5. The number of nitrogens with zero attached hydrogens (tertiary/aromatic N) is 1. The van der Waals surface area contributed by atoms with Gasteiger partial charge in [-0.2, -0.15) is 0 Å². The van der Waals surface area contributed by atoms with Crippen molar-refractivity contribution in [2.75, 3.05) is 0 Å². The van der Waals surface area contributed by atoms with Crippen LogP contribution in [0.5, 0.6) is 5.88 Å². The van der Waals surface area contributed by atoms with E-state index in [1.807, 2.05) is 0 Å². The first-order valence-corrected chi connectivity index (χ1v) is 5.29. The number of alkyl halides is 3. The summed E-state index contributed by atoms with van der Waals surface area (Å²) >= 11 is 6.94. The first kappa shape index (κ1) is 13.5. The van der Waals surface area contributed by atoms with Crippen LogP contribution in [-0.4, -0.2) is 16.6 Å². The number of ether oxygens (including phenoxy) is 1. The second kappa shape index (κ2) is 4.74. The molecule has 0 aliphatic rings. The molecule has 0 bridgehead atoms. The Bertz CT molecular complexity index is 436. The molecule has 0 atom stereocenters. The lowest BCUT2D eigenvalue weighted by Gasteiger charge is -2.10. The maximum atomic E-state index is 11.9. The standard InChI is InChI=1S/C8H4ClF3INO2/c1-3-4(13)2-5(16-8(10,11)12)14-6(3)7(9)15/h2H,1H3. The third-order valence-corrected chi connectivity index (χ3v) is 2.89. The van der Waals surface area contributed by atoms with Gasteiger partial charge in [0, 0.05) is 9.64 Å². The van der Waals surface area contributed by atoms with Crippen LogP contribution in [0.2, 0.25) is 0 Å². The average Bonchev–Trinajstić information content (AvgIpc) is 2.07. The summed E-state index contributed by atoms with van der Waals surface area (Å²) < 4.78 is 39.8. The molecule has 8 heteroatoms. The van der Waals surface area contributed by atoms with E-state index in [1.54, 1.807) is 22.6 Å². The third-order valence-electron chi connectivity index (χ3n) is 1.59. The molecule has 0 aliphatic carbocycles. The molecule has 0 N–H and O–H groups in total. The second-order valence-electron chi connectivity index (χ2n) is 2.74. The van der Waals surface area contributed by atoms with Crippen LogP contribution in [0.25, 0.3) is 0 Å². The van der Waals surface area contributed by atoms with Gasteiger partial charge in [0.25, 0.3) is 5.24 Å².